The van der Waals surface area contributed by atoms with Crippen LogP contribution in [0.1, 0.15) is 66.4 Å². The molecule has 5 heterocycles. The second-order valence-electron chi connectivity index (χ2n) is 12.0. The maximum absolute atomic E-state index is 13.8. The van der Waals surface area contributed by atoms with Crippen LogP contribution < -0.4 is 10.9 Å². The highest BCUT2D eigenvalue weighted by molar-refractivity contribution is 7.19. The zero-order valence-corrected chi connectivity index (χ0v) is 24.4. The molecule has 1 spiro atoms. The van der Waals surface area contributed by atoms with Crippen molar-refractivity contribution in [2.24, 2.45) is 5.92 Å². The summed E-state index contributed by atoms with van der Waals surface area (Å²) in [6, 6.07) is 1.93. The van der Waals surface area contributed by atoms with Crippen LogP contribution in [0.2, 0.25) is 5.02 Å². The molecule has 2 fully saturated rings. The van der Waals surface area contributed by atoms with E-state index in [1.807, 2.05) is 4.90 Å². The van der Waals surface area contributed by atoms with Crippen LogP contribution in [0.3, 0.4) is 0 Å². The summed E-state index contributed by atoms with van der Waals surface area (Å²) >= 11 is 8.23. The first kappa shape index (κ1) is 26.1. The number of pyridine rings is 1. The Morgan fingerprint density at radius 3 is 2.77 bits per heavy atom. The van der Waals surface area contributed by atoms with Gasteiger partial charge in [0.05, 0.1) is 15.9 Å². The number of piperazine rings is 1. The average molecular weight is 581 g/mol. The van der Waals surface area contributed by atoms with E-state index in [1.54, 1.807) is 22.0 Å². The van der Waals surface area contributed by atoms with Gasteiger partial charge in [-0.05, 0) is 57.7 Å². The van der Waals surface area contributed by atoms with Gasteiger partial charge in [-0.3, -0.25) is 19.0 Å². The predicted octanol–water partition coefficient (Wildman–Crippen LogP) is 4.37. The first-order valence-corrected chi connectivity index (χ1v) is 15.5. The minimum absolute atomic E-state index is 0.0270. The van der Waals surface area contributed by atoms with Gasteiger partial charge in [-0.25, -0.2) is 9.97 Å². The van der Waals surface area contributed by atoms with Gasteiger partial charge in [0.25, 0.3) is 5.56 Å². The molecule has 7 rings (SSSR count). The molecule has 2 aliphatic heterocycles. The number of amides is 1. The summed E-state index contributed by atoms with van der Waals surface area (Å²) in [4.78, 5) is 55.5. The number of ketones is 1. The fourth-order valence-corrected chi connectivity index (χ4v) is 8.90. The Bertz CT molecular complexity index is 1610. The van der Waals surface area contributed by atoms with E-state index in [0.717, 1.165) is 73.9 Å². The minimum atomic E-state index is -0.462. The standard InChI is InChI=1S/C29H33ClN6O3S/c1-16-14-35(10-9-34(16)2)27(38)17-5-6-18-22(11-17)40-26-23(18)25(31-15-32-26)33-20-12-19(30)24-21(37)13-29(7-3-4-8-29)36(24)28(20)39/h12,15-17H,3-11,13-14H2,1-2H3,(H,31,32,33)/t16-,17+/m1/s1. The van der Waals surface area contributed by atoms with Gasteiger partial charge in [-0.1, -0.05) is 24.4 Å². The molecule has 4 aliphatic rings. The van der Waals surface area contributed by atoms with E-state index in [2.05, 4.69) is 34.2 Å². The van der Waals surface area contributed by atoms with Crippen molar-refractivity contribution in [2.45, 2.75) is 69.9 Å². The molecule has 2 aliphatic carbocycles. The lowest BCUT2D eigenvalue weighted by atomic mass is 9.86. The number of anilines is 2. The van der Waals surface area contributed by atoms with Gasteiger partial charge >= 0.3 is 0 Å². The summed E-state index contributed by atoms with van der Waals surface area (Å²) in [5, 5.41) is 4.50. The molecule has 3 aromatic rings. The molecule has 40 heavy (non-hydrogen) atoms. The zero-order chi connectivity index (χ0) is 27.8. The van der Waals surface area contributed by atoms with E-state index < -0.39 is 5.54 Å². The fraction of sp³-hybridized carbons (Fsp3) is 0.552. The van der Waals surface area contributed by atoms with Crippen molar-refractivity contribution in [1.29, 1.82) is 0 Å². The SMILES string of the molecule is C[C@@H]1CN(C(=O)[C@H]2CCc3c(sc4ncnc(Nc5cc(Cl)c6n(c5=O)C5(CCCC5)CC6=O)c34)C2)CCN1C. The van der Waals surface area contributed by atoms with Crippen LogP contribution in [0.15, 0.2) is 17.2 Å². The number of nitrogens with zero attached hydrogens (tertiary/aromatic N) is 5. The summed E-state index contributed by atoms with van der Waals surface area (Å²) in [6.45, 7) is 4.63. The number of fused-ring (bicyclic) bond motifs is 5. The summed E-state index contributed by atoms with van der Waals surface area (Å²) in [6.07, 6.45) is 7.72. The molecule has 0 bridgehead atoms. The van der Waals surface area contributed by atoms with Crippen molar-refractivity contribution in [3.8, 4) is 0 Å². The third-order valence-electron chi connectivity index (χ3n) is 9.64. The van der Waals surface area contributed by atoms with Crippen molar-refractivity contribution < 1.29 is 9.59 Å². The number of rotatable bonds is 3. The molecule has 0 radical (unpaired) electrons. The van der Waals surface area contributed by atoms with Gasteiger partial charge in [0.1, 0.15) is 28.4 Å². The average Bonchev–Trinajstić information content (AvgIpc) is 3.63. The number of aromatic nitrogens is 3. The third-order valence-corrected chi connectivity index (χ3v) is 11.1. The van der Waals surface area contributed by atoms with Crippen LogP contribution in [-0.2, 0) is 23.2 Å². The molecule has 1 amide bonds. The molecule has 9 nitrogen and oxygen atoms in total. The smallest absolute Gasteiger partial charge is 0.275 e. The second-order valence-corrected chi connectivity index (χ2v) is 13.5. The summed E-state index contributed by atoms with van der Waals surface area (Å²) in [5.74, 6) is 0.741. The number of hydrogen-bond acceptors (Lipinski definition) is 8. The van der Waals surface area contributed by atoms with Gasteiger partial charge < -0.3 is 15.1 Å². The highest BCUT2D eigenvalue weighted by Crippen LogP contribution is 2.46. The molecule has 3 aromatic heterocycles. The van der Waals surface area contributed by atoms with Crippen LogP contribution in [0, 0.1) is 5.92 Å². The third kappa shape index (κ3) is 4.01. The first-order chi connectivity index (χ1) is 19.3. The van der Waals surface area contributed by atoms with E-state index >= 15 is 0 Å². The van der Waals surface area contributed by atoms with Crippen LogP contribution in [0.25, 0.3) is 10.2 Å². The van der Waals surface area contributed by atoms with Crippen molar-refractivity contribution in [1.82, 2.24) is 24.3 Å². The number of Topliss-reactive ketones (excluding diaryl/α,β-unsaturated/α-hetero) is 1. The topological polar surface area (TPSA) is 100 Å². The molecule has 1 saturated carbocycles. The van der Waals surface area contributed by atoms with Gasteiger partial charge in [-0.15, -0.1) is 11.3 Å². The van der Waals surface area contributed by atoms with Crippen molar-refractivity contribution in [2.75, 3.05) is 32.0 Å². The number of likely N-dealkylation sites (N-methyl/N-ethyl adjacent to an activating group) is 1. The molecule has 1 saturated heterocycles. The Morgan fingerprint density at radius 1 is 1.20 bits per heavy atom. The fourth-order valence-electron chi connectivity index (χ4n) is 7.33. The Balaban J connectivity index is 1.20. The van der Waals surface area contributed by atoms with E-state index in [0.29, 0.717) is 41.1 Å². The quantitative estimate of drug-likeness (QED) is 0.491. The van der Waals surface area contributed by atoms with Crippen molar-refractivity contribution in [3.63, 3.8) is 0 Å². The Hall–Kier alpha value is -2.82. The summed E-state index contributed by atoms with van der Waals surface area (Å²) in [7, 11) is 2.11. The molecular formula is C29H33ClN6O3S. The number of aryl methyl sites for hydroxylation is 1. The highest BCUT2D eigenvalue weighted by Gasteiger charge is 2.47. The van der Waals surface area contributed by atoms with Gasteiger partial charge in [-0.2, -0.15) is 0 Å². The lowest BCUT2D eigenvalue weighted by Crippen LogP contribution is -2.53. The lowest BCUT2D eigenvalue weighted by Gasteiger charge is -2.39. The van der Waals surface area contributed by atoms with Gasteiger partial charge in [0.15, 0.2) is 5.78 Å². The van der Waals surface area contributed by atoms with Crippen LogP contribution in [0.5, 0.6) is 0 Å². The second kappa shape index (κ2) is 9.63. The Morgan fingerprint density at radius 2 is 2.00 bits per heavy atom. The number of nitrogens with one attached hydrogen (secondary N) is 1. The molecule has 0 aromatic carbocycles. The first-order valence-electron chi connectivity index (χ1n) is 14.3. The highest BCUT2D eigenvalue weighted by atomic mass is 35.5. The summed E-state index contributed by atoms with van der Waals surface area (Å²) < 4.78 is 1.67. The van der Waals surface area contributed by atoms with E-state index in [-0.39, 0.29) is 23.2 Å². The van der Waals surface area contributed by atoms with Gasteiger partial charge in [0.2, 0.25) is 5.91 Å². The minimum Gasteiger partial charge on any atom is -0.340 e. The van der Waals surface area contributed by atoms with Crippen LogP contribution in [0.4, 0.5) is 11.5 Å². The molecule has 2 atom stereocenters. The normalized spacial score (nSPS) is 24.1. The van der Waals surface area contributed by atoms with Gasteiger partial charge in [0, 0.05) is 42.9 Å². The lowest BCUT2D eigenvalue weighted by molar-refractivity contribution is -0.138. The number of thiophene rings is 1. The van der Waals surface area contributed by atoms with Crippen LogP contribution >= 0.6 is 22.9 Å². The molecule has 11 heteroatoms. The maximum atomic E-state index is 13.8. The monoisotopic (exact) mass is 580 g/mol. The predicted molar refractivity (Wildman–Crippen MR) is 156 cm³/mol. The van der Waals surface area contributed by atoms with E-state index in [1.165, 1.54) is 11.2 Å². The number of halogens is 1. The molecular weight excluding hydrogens is 548 g/mol. The zero-order valence-electron chi connectivity index (χ0n) is 22.8. The molecule has 0 unspecified atom stereocenters. The van der Waals surface area contributed by atoms with Crippen molar-refractivity contribution >= 4 is 56.4 Å². The van der Waals surface area contributed by atoms with Crippen molar-refractivity contribution in [3.05, 3.63) is 43.9 Å². The molecule has 210 valence electrons. The number of hydrogen-bond donors (Lipinski definition) is 1. The summed E-state index contributed by atoms with van der Waals surface area (Å²) in [5.41, 5.74) is 1.13. The molecule has 1 N–H and O–H groups in total. The Kier molecular flexibility index (Phi) is 6.29. The van der Waals surface area contributed by atoms with E-state index in [9.17, 15) is 14.4 Å². The maximum Gasteiger partial charge on any atom is 0.275 e. The number of carbonyl (C=O) groups excluding carboxylic acids is 2. The van der Waals surface area contributed by atoms with Crippen LogP contribution in [-0.4, -0.2) is 68.7 Å². The largest absolute Gasteiger partial charge is 0.340 e. The Labute approximate surface area is 241 Å². The number of carbonyl (C=O) groups is 2. The van der Waals surface area contributed by atoms with E-state index in [4.69, 9.17) is 11.6 Å².